The lowest BCUT2D eigenvalue weighted by atomic mass is 10.1. The Bertz CT molecular complexity index is 352. The van der Waals surface area contributed by atoms with Crippen molar-refractivity contribution in [2.75, 3.05) is 11.9 Å². The topological polar surface area (TPSA) is 55.1 Å². The zero-order chi connectivity index (χ0) is 11.3. The van der Waals surface area contributed by atoms with Crippen molar-refractivity contribution in [3.63, 3.8) is 0 Å². The van der Waals surface area contributed by atoms with Gasteiger partial charge in [0.15, 0.2) is 0 Å². The van der Waals surface area contributed by atoms with Crippen molar-refractivity contribution in [1.82, 2.24) is 0 Å². The van der Waals surface area contributed by atoms with Gasteiger partial charge in [-0.2, -0.15) is 0 Å². The lowest BCUT2D eigenvalue weighted by Gasteiger charge is -2.09. The van der Waals surface area contributed by atoms with Gasteiger partial charge in [-0.15, -0.1) is 0 Å². The molecule has 0 aromatic heterocycles. The van der Waals surface area contributed by atoms with Crippen molar-refractivity contribution in [2.45, 2.75) is 19.8 Å². The van der Waals surface area contributed by atoms with Crippen LogP contribution in [0.25, 0.3) is 0 Å². The van der Waals surface area contributed by atoms with Crippen LogP contribution in [0.2, 0.25) is 0 Å². The zero-order valence-electron chi connectivity index (χ0n) is 8.72. The molecule has 0 spiro atoms. The number of amides is 1. The van der Waals surface area contributed by atoms with Gasteiger partial charge in [-0.25, -0.2) is 4.39 Å². The van der Waals surface area contributed by atoms with Gasteiger partial charge in [0.2, 0.25) is 5.91 Å². The van der Waals surface area contributed by atoms with Crippen LogP contribution in [0.15, 0.2) is 18.2 Å². The van der Waals surface area contributed by atoms with Crippen LogP contribution in [0.3, 0.4) is 0 Å². The van der Waals surface area contributed by atoms with Crippen molar-refractivity contribution in [3.8, 4) is 0 Å². The highest BCUT2D eigenvalue weighted by Crippen LogP contribution is 2.18. The van der Waals surface area contributed by atoms with Crippen molar-refractivity contribution in [1.29, 1.82) is 0 Å². The molecule has 0 aliphatic carbocycles. The first kappa shape index (κ1) is 11.7. The molecule has 1 aromatic carbocycles. The maximum Gasteiger partial charge on any atom is 0.221 e. The van der Waals surface area contributed by atoms with Crippen LogP contribution in [0.4, 0.5) is 10.1 Å². The molecule has 1 aromatic rings. The lowest BCUT2D eigenvalue weighted by molar-refractivity contribution is -0.114. The molecule has 0 aliphatic rings. The number of benzene rings is 1. The van der Waals surface area contributed by atoms with Crippen molar-refractivity contribution in [2.24, 2.45) is 5.73 Å². The van der Waals surface area contributed by atoms with Gasteiger partial charge >= 0.3 is 0 Å². The van der Waals surface area contributed by atoms with Crippen LogP contribution in [0, 0.1) is 5.82 Å². The summed E-state index contributed by atoms with van der Waals surface area (Å²) in [6.45, 7) is 1.98. The van der Waals surface area contributed by atoms with E-state index >= 15 is 0 Å². The second-order valence-electron chi connectivity index (χ2n) is 3.37. The van der Waals surface area contributed by atoms with E-state index in [0.29, 0.717) is 12.2 Å². The molecular weight excluding hydrogens is 195 g/mol. The number of nitrogens with one attached hydrogen (secondary N) is 1. The van der Waals surface area contributed by atoms with Gasteiger partial charge in [-0.3, -0.25) is 4.79 Å². The van der Waals surface area contributed by atoms with Crippen LogP contribution >= 0.6 is 0 Å². The molecular formula is C11H15FN2O. The Kier molecular flexibility index (Phi) is 4.24. The summed E-state index contributed by atoms with van der Waals surface area (Å²) in [6, 6.07) is 4.39. The number of anilines is 1. The van der Waals surface area contributed by atoms with E-state index < -0.39 is 0 Å². The van der Waals surface area contributed by atoms with E-state index in [1.807, 2.05) is 0 Å². The number of hydrogen-bond acceptors (Lipinski definition) is 2. The Balaban J connectivity index is 2.87. The number of carbonyl (C=O) groups excluding carboxylic acids is 1. The second kappa shape index (κ2) is 5.46. The molecule has 1 rings (SSSR count). The number of nitrogens with two attached hydrogens (primary N) is 1. The summed E-state index contributed by atoms with van der Waals surface area (Å²) < 4.78 is 12.9. The Hall–Kier alpha value is -1.42. The van der Waals surface area contributed by atoms with Gasteiger partial charge in [0, 0.05) is 12.6 Å². The predicted molar refractivity (Wildman–Crippen MR) is 58.1 cm³/mol. The van der Waals surface area contributed by atoms with Crippen molar-refractivity contribution < 1.29 is 9.18 Å². The Morgan fingerprint density at radius 3 is 2.87 bits per heavy atom. The van der Waals surface area contributed by atoms with Crippen LogP contribution < -0.4 is 11.1 Å². The van der Waals surface area contributed by atoms with Gasteiger partial charge in [0.1, 0.15) is 5.82 Å². The number of halogens is 1. The number of rotatable bonds is 4. The maximum atomic E-state index is 12.9. The molecule has 0 unspecified atom stereocenters. The number of carbonyl (C=O) groups is 1. The van der Waals surface area contributed by atoms with E-state index in [1.54, 1.807) is 6.07 Å². The quantitative estimate of drug-likeness (QED) is 0.794. The summed E-state index contributed by atoms with van der Waals surface area (Å²) in [6.07, 6.45) is 1.56. The fourth-order valence-electron chi connectivity index (χ4n) is 1.37. The summed E-state index contributed by atoms with van der Waals surface area (Å²) in [5, 5.41) is 2.60. The summed E-state index contributed by atoms with van der Waals surface area (Å²) in [5.41, 5.74) is 6.85. The molecule has 82 valence electrons. The van der Waals surface area contributed by atoms with Gasteiger partial charge in [-0.1, -0.05) is 6.07 Å². The summed E-state index contributed by atoms with van der Waals surface area (Å²) in [7, 11) is 0. The summed E-state index contributed by atoms with van der Waals surface area (Å²) in [5.74, 6) is -0.551. The van der Waals surface area contributed by atoms with Crippen LogP contribution in [0.5, 0.6) is 0 Å². The zero-order valence-corrected chi connectivity index (χ0v) is 8.72. The van der Waals surface area contributed by atoms with Crippen molar-refractivity contribution >= 4 is 11.6 Å². The highest BCUT2D eigenvalue weighted by atomic mass is 19.1. The first-order valence-electron chi connectivity index (χ1n) is 4.89. The minimum absolute atomic E-state index is 0.199. The summed E-state index contributed by atoms with van der Waals surface area (Å²) in [4.78, 5) is 10.9. The molecule has 0 saturated carbocycles. The molecule has 0 saturated heterocycles. The van der Waals surface area contributed by atoms with E-state index in [2.05, 4.69) is 5.32 Å². The van der Waals surface area contributed by atoms with Gasteiger partial charge < -0.3 is 11.1 Å². The molecule has 0 fully saturated rings. The Morgan fingerprint density at radius 2 is 2.27 bits per heavy atom. The smallest absolute Gasteiger partial charge is 0.221 e. The molecule has 1 amide bonds. The molecule has 0 bridgehead atoms. The third-order valence-corrected chi connectivity index (χ3v) is 2.03. The third kappa shape index (κ3) is 3.67. The summed E-state index contributed by atoms with van der Waals surface area (Å²) >= 11 is 0. The highest BCUT2D eigenvalue weighted by molar-refractivity contribution is 5.89. The molecule has 3 nitrogen and oxygen atoms in total. The molecule has 0 atom stereocenters. The first-order chi connectivity index (χ1) is 7.13. The van der Waals surface area contributed by atoms with Gasteiger partial charge in [0.05, 0.1) is 0 Å². The largest absolute Gasteiger partial charge is 0.330 e. The third-order valence-electron chi connectivity index (χ3n) is 2.03. The van der Waals surface area contributed by atoms with E-state index in [9.17, 15) is 9.18 Å². The van der Waals surface area contributed by atoms with Gasteiger partial charge in [-0.05, 0) is 37.1 Å². The predicted octanol–water partition coefficient (Wildman–Crippen LogP) is 1.68. The Morgan fingerprint density at radius 1 is 1.53 bits per heavy atom. The molecule has 0 heterocycles. The van der Waals surface area contributed by atoms with Gasteiger partial charge in [0.25, 0.3) is 0 Å². The van der Waals surface area contributed by atoms with Crippen molar-refractivity contribution in [3.05, 3.63) is 29.6 Å². The molecule has 0 radical (unpaired) electrons. The minimum atomic E-state index is -0.352. The fourth-order valence-corrected chi connectivity index (χ4v) is 1.37. The van der Waals surface area contributed by atoms with E-state index in [0.717, 1.165) is 18.4 Å². The lowest BCUT2D eigenvalue weighted by Crippen LogP contribution is -2.09. The number of hydrogen-bond donors (Lipinski definition) is 2. The first-order valence-corrected chi connectivity index (χ1v) is 4.89. The SMILES string of the molecule is CC(=O)Nc1cc(F)ccc1CCCN. The average molecular weight is 210 g/mol. The minimum Gasteiger partial charge on any atom is -0.330 e. The van der Waals surface area contributed by atoms with E-state index in [-0.39, 0.29) is 11.7 Å². The molecule has 4 heteroatoms. The standard InChI is InChI=1S/C11H15FN2O/c1-8(15)14-11-7-10(12)5-4-9(11)3-2-6-13/h4-5,7H,2-3,6,13H2,1H3,(H,14,15). The monoisotopic (exact) mass is 210 g/mol. The molecule has 3 N–H and O–H groups in total. The number of aryl methyl sites for hydroxylation is 1. The molecule has 15 heavy (non-hydrogen) atoms. The fraction of sp³-hybridized carbons (Fsp3) is 0.364. The molecule has 0 aliphatic heterocycles. The van der Waals surface area contributed by atoms with E-state index in [1.165, 1.54) is 19.1 Å². The van der Waals surface area contributed by atoms with Crippen LogP contribution in [-0.2, 0) is 11.2 Å². The maximum absolute atomic E-state index is 12.9. The van der Waals surface area contributed by atoms with Crippen LogP contribution in [0.1, 0.15) is 18.9 Å². The van der Waals surface area contributed by atoms with Crippen LogP contribution in [-0.4, -0.2) is 12.5 Å². The normalized spacial score (nSPS) is 10.1. The second-order valence-corrected chi connectivity index (χ2v) is 3.37. The highest BCUT2D eigenvalue weighted by Gasteiger charge is 2.05. The Labute approximate surface area is 88.5 Å². The average Bonchev–Trinajstić information content (AvgIpc) is 2.16. The van der Waals surface area contributed by atoms with E-state index in [4.69, 9.17) is 5.73 Å².